The van der Waals surface area contributed by atoms with Crippen LogP contribution in [-0.2, 0) is 11.3 Å². The fourth-order valence-electron chi connectivity index (χ4n) is 3.80. The highest BCUT2D eigenvalue weighted by molar-refractivity contribution is 5.92. The van der Waals surface area contributed by atoms with Crippen LogP contribution in [0.2, 0.25) is 0 Å². The van der Waals surface area contributed by atoms with Crippen molar-refractivity contribution in [3.05, 3.63) is 59.2 Å². The molecule has 0 saturated carbocycles. The first-order valence-electron chi connectivity index (χ1n) is 10.9. The van der Waals surface area contributed by atoms with Crippen LogP contribution in [0.5, 0.6) is 6.01 Å². The number of carboxylic acid groups (broad SMARTS) is 1. The van der Waals surface area contributed by atoms with Crippen molar-refractivity contribution in [3.63, 3.8) is 0 Å². The monoisotopic (exact) mass is 453 g/mol. The quantitative estimate of drug-likeness (QED) is 0.465. The molecule has 0 radical (unpaired) electrons. The van der Waals surface area contributed by atoms with Gasteiger partial charge in [-0.15, -0.1) is 0 Å². The summed E-state index contributed by atoms with van der Waals surface area (Å²) in [4.78, 5) is 30.5. The number of rotatable bonds is 10. The predicted octanol–water partition coefficient (Wildman–Crippen LogP) is 3.93. The molecule has 0 saturated heterocycles. The Balaban J connectivity index is 1.78. The number of hydrogen-bond donors (Lipinski definition) is 1. The molecule has 0 atom stereocenters. The number of aromatic nitrogens is 2. The minimum absolute atomic E-state index is 0.147. The van der Waals surface area contributed by atoms with Crippen molar-refractivity contribution in [1.29, 1.82) is 0 Å². The van der Waals surface area contributed by atoms with Crippen LogP contribution in [0.3, 0.4) is 0 Å². The smallest absolute Gasteiger partial charge is 0.338 e. The standard InChI is InChI=1S/C25H31N3O5/c1-6-32-24-26-20-12-11-19(22(29)30)13-21(20)28(24)14-17-7-9-18(10-8-17)23(31)33-16-25(2,3)15-27(4)5/h7-13H,6,14-16H2,1-5H3,(H,29,30). The van der Waals surface area contributed by atoms with Gasteiger partial charge in [-0.1, -0.05) is 26.0 Å². The zero-order valence-corrected chi connectivity index (χ0v) is 19.8. The van der Waals surface area contributed by atoms with Crippen molar-refractivity contribution in [2.45, 2.75) is 27.3 Å². The van der Waals surface area contributed by atoms with E-state index in [-0.39, 0.29) is 16.9 Å². The molecule has 176 valence electrons. The third-order valence-electron chi connectivity index (χ3n) is 5.10. The molecule has 3 aromatic rings. The van der Waals surface area contributed by atoms with Gasteiger partial charge in [0.15, 0.2) is 0 Å². The number of aromatic carboxylic acids is 1. The van der Waals surface area contributed by atoms with Gasteiger partial charge in [0.25, 0.3) is 6.01 Å². The Morgan fingerprint density at radius 1 is 1.09 bits per heavy atom. The molecule has 2 aromatic carbocycles. The summed E-state index contributed by atoms with van der Waals surface area (Å²) in [5.74, 6) is -1.36. The molecule has 1 aromatic heterocycles. The largest absolute Gasteiger partial charge is 0.478 e. The van der Waals surface area contributed by atoms with Crippen molar-refractivity contribution >= 4 is 23.0 Å². The van der Waals surface area contributed by atoms with E-state index in [1.165, 1.54) is 6.07 Å². The van der Waals surface area contributed by atoms with Crippen LogP contribution in [0, 0.1) is 5.41 Å². The fraction of sp³-hybridized carbons (Fsp3) is 0.400. The minimum Gasteiger partial charge on any atom is -0.478 e. The number of esters is 1. The molecule has 33 heavy (non-hydrogen) atoms. The second-order valence-corrected chi connectivity index (χ2v) is 9.10. The van der Waals surface area contributed by atoms with Crippen LogP contribution >= 0.6 is 0 Å². The molecular formula is C25H31N3O5. The molecule has 0 amide bonds. The SMILES string of the molecule is CCOc1nc2ccc(C(=O)O)cc2n1Cc1ccc(C(=O)OCC(C)(C)CN(C)C)cc1. The van der Waals surface area contributed by atoms with Crippen LogP contribution in [-0.4, -0.2) is 65.3 Å². The van der Waals surface area contributed by atoms with Crippen molar-refractivity contribution < 1.29 is 24.2 Å². The van der Waals surface area contributed by atoms with Gasteiger partial charge in [-0.3, -0.25) is 4.57 Å². The lowest BCUT2D eigenvalue weighted by Gasteiger charge is -2.27. The van der Waals surface area contributed by atoms with E-state index >= 15 is 0 Å². The normalized spacial score (nSPS) is 11.7. The van der Waals surface area contributed by atoms with Crippen LogP contribution in [0.25, 0.3) is 11.0 Å². The number of nitrogens with zero attached hydrogens (tertiary/aromatic N) is 3. The molecule has 0 unspecified atom stereocenters. The second kappa shape index (κ2) is 10.0. The minimum atomic E-state index is -1.00. The van der Waals surface area contributed by atoms with E-state index in [0.29, 0.717) is 42.4 Å². The third-order valence-corrected chi connectivity index (χ3v) is 5.10. The average molecular weight is 454 g/mol. The van der Waals surface area contributed by atoms with Crippen molar-refractivity contribution in [2.24, 2.45) is 5.41 Å². The van der Waals surface area contributed by atoms with Crippen LogP contribution in [0.1, 0.15) is 47.1 Å². The maximum Gasteiger partial charge on any atom is 0.338 e. The Kier molecular flexibility index (Phi) is 7.38. The van der Waals surface area contributed by atoms with E-state index in [2.05, 4.69) is 23.7 Å². The van der Waals surface area contributed by atoms with E-state index in [9.17, 15) is 14.7 Å². The number of carbonyl (C=O) groups is 2. The van der Waals surface area contributed by atoms with Crippen LogP contribution < -0.4 is 4.74 Å². The van der Waals surface area contributed by atoms with Gasteiger partial charge < -0.3 is 19.5 Å². The molecule has 8 heteroatoms. The van der Waals surface area contributed by atoms with Crippen molar-refractivity contribution in [3.8, 4) is 6.01 Å². The van der Waals surface area contributed by atoms with E-state index in [1.807, 2.05) is 37.7 Å². The molecular weight excluding hydrogens is 422 g/mol. The molecule has 3 rings (SSSR count). The summed E-state index contributed by atoms with van der Waals surface area (Å²) >= 11 is 0. The number of carbonyl (C=O) groups excluding carboxylic acids is 1. The number of imidazole rings is 1. The second-order valence-electron chi connectivity index (χ2n) is 9.10. The lowest BCUT2D eigenvalue weighted by atomic mass is 9.94. The molecule has 0 spiro atoms. The van der Waals surface area contributed by atoms with Gasteiger partial charge in [-0.25, -0.2) is 9.59 Å². The Hall–Kier alpha value is -3.39. The van der Waals surface area contributed by atoms with Gasteiger partial charge >= 0.3 is 11.9 Å². The summed E-state index contributed by atoms with van der Waals surface area (Å²) in [6, 6.07) is 12.4. The zero-order chi connectivity index (χ0) is 24.2. The first-order valence-corrected chi connectivity index (χ1v) is 10.9. The maximum absolute atomic E-state index is 12.5. The van der Waals surface area contributed by atoms with Gasteiger partial charge in [-0.2, -0.15) is 4.98 Å². The van der Waals surface area contributed by atoms with Crippen molar-refractivity contribution in [1.82, 2.24) is 14.5 Å². The van der Waals surface area contributed by atoms with Gasteiger partial charge in [-0.05, 0) is 56.9 Å². The first-order chi connectivity index (χ1) is 15.6. The van der Waals surface area contributed by atoms with Gasteiger partial charge in [0.1, 0.15) is 0 Å². The molecule has 0 aliphatic carbocycles. The maximum atomic E-state index is 12.5. The lowest BCUT2D eigenvalue weighted by molar-refractivity contribution is 0.0298. The Labute approximate surface area is 193 Å². The summed E-state index contributed by atoms with van der Waals surface area (Å²) in [6.45, 7) is 7.98. The molecule has 0 aliphatic heterocycles. The molecule has 1 N–H and O–H groups in total. The molecule has 0 aliphatic rings. The lowest BCUT2D eigenvalue weighted by Crippen LogP contribution is -2.33. The summed E-state index contributed by atoms with van der Waals surface area (Å²) in [5, 5.41) is 9.35. The van der Waals surface area contributed by atoms with E-state index < -0.39 is 5.97 Å². The van der Waals surface area contributed by atoms with E-state index in [1.54, 1.807) is 24.3 Å². The number of benzene rings is 2. The molecule has 0 bridgehead atoms. The molecule has 0 fully saturated rings. The first kappa shape index (κ1) is 24.3. The summed E-state index contributed by atoms with van der Waals surface area (Å²) in [5.41, 5.74) is 2.76. The molecule has 1 heterocycles. The summed E-state index contributed by atoms with van der Waals surface area (Å²) in [6.07, 6.45) is 0. The van der Waals surface area contributed by atoms with Crippen LogP contribution in [0.15, 0.2) is 42.5 Å². The average Bonchev–Trinajstić information content (AvgIpc) is 3.08. The number of hydrogen-bond acceptors (Lipinski definition) is 6. The van der Waals surface area contributed by atoms with Gasteiger partial charge in [0, 0.05) is 12.0 Å². The molecule has 8 nitrogen and oxygen atoms in total. The van der Waals surface area contributed by atoms with Gasteiger partial charge in [0.05, 0.1) is 41.9 Å². The Morgan fingerprint density at radius 2 is 1.76 bits per heavy atom. The number of fused-ring (bicyclic) bond motifs is 1. The highest BCUT2D eigenvalue weighted by Gasteiger charge is 2.22. The Bertz CT molecular complexity index is 1130. The third kappa shape index (κ3) is 6.10. The topological polar surface area (TPSA) is 93.9 Å². The fourth-order valence-corrected chi connectivity index (χ4v) is 3.80. The Morgan fingerprint density at radius 3 is 2.36 bits per heavy atom. The number of carboxylic acids is 1. The van der Waals surface area contributed by atoms with Gasteiger partial charge in [0.2, 0.25) is 0 Å². The predicted molar refractivity (Wildman–Crippen MR) is 126 cm³/mol. The highest BCUT2D eigenvalue weighted by atomic mass is 16.5. The van der Waals surface area contributed by atoms with E-state index in [0.717, 1.165) is 12.1 Å². The zero-order valence-electron chi connectivity index (χ0n) is 19.8. The number of ether oxygens (including phenoxy) is 2. The summed E-state index contributed by atoms with van der Waals surface area (Å²) < 4.78 is 13.0. The highest BCUT2D eigenvalue weighted by Crippen LogP contribution is 2.25. The van der Waals surface area contributed by atoms with Crippen molar-refractivity contribution in [2.75, 3.05) is 33.9 Å². The van der Waals surface area contributed by atoms with E-state index in [4.69, 9.17) is 9.47 Å². The summed E-state index contributed by atoms with van der Waals surface area (Å²) in [7, 11) is 3.98. The van der Waals surface area contributed by atoms with Crippen LogP contribution in [0.4, 0.5) is 0 Å².